The number of aryl methyl sites for hydroxylation is 1. The quantitative estimate of drug-likeness (QED) is 0.165. The predicted octanol–water partition coefficient (Wildman–Crippen LogP) is 13.8. The van der Waals surface area contributed by atoms with Crippen LogP contribution in [0.2, 0.25) is 0 Å². The van der Waals surface area contributed by atoms with Crippen LogP contribution in [0.4, 0.5) is 0 Å². The molecular formula is C52H36. The van der Waals surface area contributed by atoms with Crippen molar-refractivity contribution >= 4 is 50.5 Å². The Kier molecular flexibility index (Phi) is 6.17. The molecule has 3 aliphatic carbocycles. The van der Waals surface area contributed by atoms with Gasteiger partial charge in [-0.15, -0.1) is 0 Å². The van der Waals surface area contributed by atoms with Crippen molar-refractivity contribution in [3.8, 4) is 33.4 Å². The highest BCUT2D eigenvalue weighted by atomic mass is 14.5. The molecule has 0 heterocycles. The van der Waals surface area contributed by atoms with Gasteiger partial charge in [-0.1, -0.05) is 158 Å². The van der Waals surface area contributed by atoms with Gasteiger partial charge in [0.25, 0.3) is 0 Å². The largest absolute Gasteiger partial charge is 0.0984 e. The van der Waals surface area contributed by atoms with Crippen molar-refractivity contribution < 1.29 is 0 Å². The van der Waals surface area contributed by atoms with E-state index in [2.05, 4.69) is 171 Å². The van der Waals surface area contributed by atoms with Crippen LogP contribution in [-0.2, 0) is 11.8 Å². The molecule has 52 heavy (non-hydrogen) atoms. The highest BCUT2D eigenvalue weighted by Gasteiger charge is 2.53. The number of benzene rings is 8. The van der Waals surface area contributed by atoms with Gasteiger partial charge in [-0.2, -0.15) is 0 Å². The highest BCUT2D eigenvalue weighted by molar-refractivity contribution is 6.18. The topological polar surface area (TPSA) is 0 Å². The van der Waals surface area contributed by atoms with Gasteiger partial charge in [0.1, 0.15) is 0 Å². The Bertz CT molecular complexity index is 2880. The van der Waals surface area contributed by atoms with Crippen molar-refractivity contribution in [3.05, 3.63) is 197 Å². The molecule has 0 unspecified atom stereocenters. The lowest BCUT2D eigenvalue weighted by molar-refractivity contribution is 0.793. The van der Waals surface area contributed by atoms with Gasteiger partial charge in [-0.05, 0) is 142 Å². The van der Waals surface area contributed by atoms with Crippen LogP contribution < -0.4 is 0 Å². The SMILES string of the molecule is C=Cc1ccc2cc(-c3ccc4c5c(ccc4c3)-c3ccc4c(c3C53c5ccccc5-c5ccccc53)C=CCC4)c3ccccc3c2c1/C=C\C. The molecule has 0 atom stereocenters. The molecule has 0 aromatic heterocycles. The number of hydrogen-bond donors (Lipinski definition) is 0. The third-order valence-electron chi connectivity index (χ3n) is 12.2. The molecule has 0 nitrogen and oxygen atoms in total. The molecule has 8 aromatic carbocycles. The molecule has 3 aliphatic rings. The summed E-state index contributed by atoms with van der Waals surface area (Å²) in [4.78, 5) is 0. The smallest absolute Gasteiger partial charge is 0.0737 e. The fraction of sp³-hybridized carbons (Fsp3) is 0.0769. The van der Waals surface area contributed by atoms with Crippen LogP contribution in [0, 0.1) is 0 Å². The summed E-state index contributed by atoms with van der Waals surface area (Å²) >= 11 is 0. The van der Waals surface area contributed by atoms with Crippen LogP contribution in [0.1, 0.15) is 57.9 Å². The first-order chi connectivity index (χ1) is 25.7. The Labute approximate surface area is 304 Å². The molecule has 0 saturated heterocycles. The van der Waals surface area contributed by atoms with E-state index in [1.54, 1.807) is 0 Å². The molecule has 0 N–H and O–H groups in total. The Balaban J connectivity index is 1.22. The van der Waals surface area contributed by atoms with E-state index in [1.807, 2.05) is 6.08 Å². The summed E-state index contributed by atoms with van der Waals surface area (Å²) in [7, 11) is 0. The first kappa shape index (κ1) is 29.5. The fourth-order valence-corrected chi connectivity index (χ4v) is 10.2. The van der Waals surface area contributed by atoms with Crippen molar-refractivity contribution in [1.82, 2.24) is 0 Å². The zero-order valence-electron chi connectivity index (χ0n) is 29.2. The second-order valence-electron chi connectivity index (χ2n) is 14.6. The molecule has 1 spiro atoms. The van der Waals surface area contributed by atoms with E-state index in [9.17, 15) is 0 Å². The normalized spacial score (nSPS) is 14.6. The first-order valence-electron chi connectivity index (χ1n) is 18.6. The summed E-state index contributed by atoms with van der Waals surface area (Å²) in [6.07, 6.45) is 13.3. The summed E-state index contributed by atoms with van der Waals surface area (Å²) in [6, 6.07) is 50.9. The molecule has 0 heteroatoms. The molecule has 0 radical (unpaired) electrons. The average molecular weight is 661 g/mol. The molecule has 0 amide bonds. The van der Waals surface area contributed by atoms with Crippen LogP contribution in [-0.4, -0.2) is 0 Å². The summed E-state index contributed by atoms with van der Waals surface area (Å²) in [5.74, 6) is 0. The molecule has 11 rings (SSSR count). The van der Waals surface area contributed by atoms with Gasteiger partial charge in [0, 0.05) is 0 Å². The lowest BCUT2D eigenvalue weighted by Crippen LogP contribution is -2.27. The molecule has 0 aliphatic heterocycles. The van der Waals surface area contributed by atoms with Crippen LogP contribution in [0.25, 0.3) is 83.9 Å². The highest BCUT2D eigenvalue weighted by Crippen LogP contribution is 2.65. The van der Waals surface area contributed by atoms with Gasteiger partial charge >= 0.3 is 0 Å². The van der Waals surface area contributed by atoms with E-state index >= 15 is 0 Å². The van der Waals surface area contributed by atoms with Crippen molar-refractivity contribution in [2.24, 2.45) is 0 Å². The first-order valence-corrected chi connectivity index (χ1v) is 18.6. The molecule has 8 aromatic rings. The zero-order valence-corrected chi connectivity index (χ0v) is 29.2. The third-order valence-corrected chi connectivity index (χ3v) is 12.2. The molecule has 244 valence electrons. The Morgan fingerprint density at radius 1 is 0.596 bits per heavy atom. The average Bonchev–Trinajstić information content (AvgIpc) is 3.68. The lowest BCUT2D eigenvalue weighted by atomic mass is 9.67. The third kappa shape index (κ3) is 3.71. The van der Waals surface area contributed by atoms with E-state index in [0.717, 1.165) is 18.4 Å². The number of rotatable bonds is 3. The lowest BCUT2D eigenvalue weighted by Gasteiger charge is -2.33. The molecule has 0 bridgehead atoms. The minimum absolute atomic E-state index is 0.395. The van der Waals surface area contributed by atoms with Crippen molar-refractivity contribution in [3.63, 3.8) is 0 Å². The van der Waals surface area contributed by atoms with Gasteiger partial charge in [-0.3, -0.25) is 0 Å². The Morgan fingerprint density at radius 2 is 1.31 bits per heavy atom. The molecular weight excluding hydrogens is 625 g/mol. The van der Waals surface area contributed by atoms with Crippen LogP contribution in [0.15, 0.2) is 152 Å². The summed E-state index contributed by atoms with van der Waals surface area (Å²) < 4.78 is 0. The van der Waals surface area contributed by atoms with Crippen LogP contribution >= 0.6 is 0 Å². The standard InChI is InChI=1S/C52H36/c1-3-13-37-32(4-2)22-23-36-31-46(40-16-7-8-19-43(40)49(36)37)35-25-27-39-34(30-35)26-29-45-44-28-24-33-14-5-6-15-38(33)50(44)52(51(39)45)47-20-11-9-17-41(47)42-18-10-12-21-48(42)52/h3-4,6-13,15-31H,2,5,14H2,1H3/b13-3-. The predicted molar refractivity (Wildman–Crippen MR) is 223 cm³/mol. The van der Waals surface area contributed by atoms with Crippen LogP contribution in [0.3, 0.4) is 0 Å². The number of hydrogen-bond acceptors (Lipinski definition) is 0. The zero-order chi connectivity index (χ0) is 34.6. The summed E-state index contributed by atoms with van der Waals surface area (Å²) in [6.45, 7) is 6.22. The minimum atomic E-state index is -0.395. The second kappa shape index (κ2) is 10.9. The molecule has 0 fully saturated rings. The van der Waals surface area contributed by atoms with E-state index in [0.29, 0.717) is 0 Å². The monoisotopic (exact) mass is 660 g/mol. The van der Waals surface area contributed by atoms with Crippen LogP contribution in [0.5, 0.6) is 0 Å². The Hall–Kier alpha value is -6.24. The fourth-order valence-electron chi connectivity index (χ4n) is 10.2. The minimum Gasteiger partial charge on any atom is -0.0984 e. The van der Waals surface area contributed by atoms with Gasteiger partial charge in [0.15, 0.2) is 0 Å². The van der Waals surface area contributed by atoms with E-state index in [4.69, 9.17) is 0 Å². The molecule has 0 saturated carbocycles. The maximum Gasteiger partial charge on any atom is 0.0737 e. The van der Waals surface area contributed by atoms with Gasteiger partial charge < -0.3 is 0 Å². The van der Waals surface area contributed by atoms with E-state index in [-0.39, 0.29) is 0 Å². The van der Waals surface area contributed by atoms with Crippen molar-refractivity contribution in [2.75, 3.05) is 0 Å². The number of fused-ring (bicyclic) bond motifs is 17. The van der Waals surface area contributed by atoms with Crippen molar-refractivity contribution in [2.45, 2.75) is 25.2 Å². The van der Waals surface area contributed by atoms with Gasteiger partial charge in [0.2, 0.25) is 0 Å². The van der Waals surface area contributed by atoms with Crippen molar-refractivity contribution in [1.29, 1.82) is 0 Å². The van der Waals surface area contributed by atoms with Gasteiger partial charge in [-0.25, -0.2) is 0 Å². The maximum absolute atomic E-state index is 4.13. The van der Waals surface area contributed by atoms with Gasteiger partial charge in [0.05, 0.1) is 5.41 Å². The van der Waals surface area contributed by atoms with E-state index in [1.165, 1.54) is 105 Å². The summed E-state index contributed by atoms with van der Waals surface area (Å²) in [5.41, 5.74) is 18.5. The second-order valence-corrected chi connectivity index (χ2v) is 14.6. The summed E-state index contributed by atoms with van der Waals surface area (Å²) in [5, 5.41) is 7.66. The Morgan fingerprint density at radius 3 is 2.10 bits per heavy atom. The maximum atomic E-state index is 4.13. The number of allylic oxidation sites excluding steroid dienone is 2. The van der Waals surface area contributed by atoms with E-state index < -0.39 is 5.41 Å².